The molecular formula is C29H32N2O3S. The first kappa shape index (κ1) is 26.1. The van der Waals surface area contributed by atoms with E-state index in [4.69, 9.17) is 10.1 Å². The number of nitrogens with one attached hydrogen (secondary N) is 1. The smallest absolute Gasteiger partial charge is 0.305 e. The molecule has 0 aliphatic carbocycles. The van der Waals surface area contributed by atoms with E-state index in [1.54, 1.807) is 0 Å². The Kier molecular flexibility index (Phi) is 10.5. The predicted molar refractivity (Wildman–Crippen MR) is 144 cm³/mol. The van der Waals surface area contributed by atoms with Gasteiger partial charge in [-0.3, -0.25) is 10.2 Å². The molecule has 0 aliphatic rings. The Morgan fingerprint density at radius 2 is 1.60 bits per heavy atom. The maximum atomic E-state index is 11.3. The molecule has 0 aromatic heterocycles. The minimum Gasteiger partial charge on any atom is -0.489 e. The highest BCUT2D eigenvalue weighted by atomic mass is 32.2. The first-order valence-corrected chi connectivity index (χ1v) is 12.5. The average Bonchev–Trinajstić information content (AvgIpc) is 2.91. The van der Waals surface area contributed by atoms with Gasteiger partial charge in [-0.2, -0.15) is 0 Å². The van der Waals surface area contributed by atoms with Gasteiger partial charge in [-0.1, -0.05) is 78.5 Å². The molecule has 3 aromatic rings. The van der Waals surface area contributed by atoms with Gasteiger partial charge >= 0.3 is 5.97 Å². The second kappa shape index (κ2) is 14.0. The van der Waals surface area contributed by atoms with Crippen molar-refractivity contribution in [3.63, 3.8) is 0 Å². The highest BCUT2D eigenvalue weighted by Crippen LogP contribution is 2.18. The van der Waals surface area contributed by atoms with Crippen LogP contribution in [0.4, 0.5) is 0 Å². The van der Waals surface area contributed by atoms with Gasteiger partial charge in [0.05, 0.1) is 7.11 Å². The normalized spacial score (nSPS) is 10.8. The van der Waals surface area contributed by atoms with Crippen LogP contribution in [0.15, 0.2) is 84.3 Å². The van der Waals surface area contributed by atoms with Gasteiger partial charge in [-0.05, 0) is 59.2 Å². The van der Waals surface area contributed by atoms with Crippen LogP contribution in [0.2, 0.25) is 0 Å². The molecule has 182 valence electrons. The molecule has 35 heavy (non-hydrogen) atoms. The van der Waals surface area contributed by atoms with Crippen LogP contribution in [0, 0.1) is 5.41 Å². The van der Waals surface area contributed by atoms with Crippen molar-refractivity contribution < 1.29 is 14.3 Å². The lowest BCUT2D eigenvalue weighted by Gasteiger charge is -2.22. The summed E-state index contributed by atoms with van der Waals surface area (Å²) in [7, 11) is 1.40. The number of esters is 1. The fourth-order valence-corrected chi connectivity index (χ4v) is 4.07. The lowest BCUT2D eigenvalue weighted by atomic mass is 10.1. The van der Waals surface area contributed by atoms with Gasteiger partial charge in [-0.25, -0.2) is 0 Å². The summed E-state index contributed by atoms with van der Waals surface area (Å²) in [5.41, 5.74) is 4.44. The van der Waals surface area contributed by atoms with Gasteiger partial charge in [0, 0.05) is 19.5 Å². The fourth-order valence-electron chi connectivity index (χ4n) is 3.37. The number of ether oxygens (including phenoxy) is 2. The van der Waals surface area contributed by atoms with Crippen molar-refractivity contribution in [2.75, 3.05) is 13.7 Å². The Morgan fingerprint density at radius 1 is 0.943 bits per heavy atom. The Balaban J connectivity index is 1.45. The number of rotatable bonds is 11. The maximum Gasteiger partial charge on any atom is 0.305 e. The number of benzene rings is 3. The minimum atomic E-state index is -0.202. The largest absolute Gasteiger partial charge is 0.489 e. The Hall–Kier alpha value is -3.51. The third-order valence-corrected chi connectivity index (χ3v) is 6.23. The molecule has 0 radical (unpaired) electrons. The predicted octanol–water partition coefficient (Wildman–Crippen LogP) is 6.53. The lowest BCUT2D eigenvalue weighted by Crippen LogP contribution is -2.27. The number of aryl methyl sites for hydroxylation is 1. The Bertz CT molecular complexity index is 1100. The van der Waals surface area contributed by atoms with Crippen LogP contribution in [0.1, 0.15) is 35.6 Å². The average molecular weight is 489 g/mol. The second-order valence-corrected chi connectivity index (χ2v) is 8.87. The van der Waals surface area contributed by atoms with Crippen molar-refractivity contribution in [3.8, 4) is 5.75 Å². The molecule has 3 rings (SSSR count). The lowest BCUT2D eigenvalue weighted by molar-refractivity contribution is -0.140. The van der Waals surface area contributed by atoms with Gasteiger partial charge in [-0.15, -0.1) is 0 Å². The van der Waals surface area contributed by atoms with E-state index in [-0.39, 0.29) is 5.97 Å². The Labute approximate surface area is 212 Å². The molecule has 5 nitrogen and oxygen atoms in total. The molecule has 0 saturated heterocycles. The SMILES string of the molecule is CCN(Cc1ccc(COc2ccc(CCC(=O)OC)cc2)cc1)C(=N)S/C=C/c1ccccc1. The molecule has 0 fully saturated rings. The third kappa shape index (κ3) is 8.98. The number of hydrogen-bond donors (Lipinski definition) is 1. The summed E-state index contributed by atoms with van der Waals surface area (Å²) in [5, 5.41) is 10.9. The molecule has 1 N–H and O–H groups in total. The van der Waals surface area contributed by atoms with E-state index in [0.29, 0.717) is 31.2 Å². The van der Waals surface area contributed by atoms with Crippen molar-refractivity contribution in [1.82, 2.24) is 4.90 Å². The van der Waals surface area contributed by atoms with E-state index in [1.807, 2.05) is 71.0 Å². The monoisotopic (exact) mass is 488 g/mol. The van der Waals surface area contributed by atoms with Gasteiger partial charge < -0.3 is 14.4 Å². The highest BCUT2D eigenvalue weighted by molar-refractivity contribution is 8.16. The summed E-state index contributed by atoms with van der Waals surface area (Å²) in [4.78, 5) is 13.3. The van der Waals surface area contributed by atoms with E-state index in [2.05, 4.69) is 35.9 Å². The van der Waals surface area contributed by atoms with Crippen LogP contribution in [0.3, 0.4) is 0 Å². The zero-order valence-electron chi connectivity index (χ0n) is 20.3. The molecule has 0 atom stereocenters. The summed E-state index contributed by atoms with van der Waals surface area (Å²) in [6.07, 6.45) is 3.06. The van der Waals surface area contributed by atoms with Crippen LogP contribution >= 0.6 is 11.8 Å². The van der Waals surface area contributed by atoms with Gasteiger partial charge in [0.1, 0.15) is 12.4 Å². The number of amidine groups is 1. The van der Waals surface area contributed by atoms with Crippen LogP contribution in [0.5, 0.6) is 5.75 Å². The summed E-state index contributed by atoms with van der Waals surface area (Å²) in [6, 6.07) is 26.2. The molecule has 0 heterocycles. The van der Waals surface area contributed by atoms with Crippen molar-refractivity contribution in [3.05, 3.63) is 107 Å². The fraction of sp³-hybridized carbons (Fsp3) is 0.241. The minimum absolute atomic E-state index is 0.202. The van der Waals surface area contributed by atoms with Crippen molar-refractivity contribution >= 4 is 29.0 Å². The van der Waals surface area contributed by atoms with Crippen molar-refractivity contribution in [2.24, 2.45) is 0 Å². The maximum absolute atomic E-state index is 11.3. The number of nitrogens with zero attached hydrogens (tertiary/aromatic N) is 1. The second-order valence-electron chi connectivity index (χ2n) is 7.98. The first-order chi connectivity index (χ1) is 17.1. The van der Waals surface area contributed by atoms with E-state index in [0.717, 1.165) is 34.5 Å². The van der Waals surface area contributed by atoms with Crippen LogP contribution in [-0.4, -0.2) is 29.7 Å². The summed E-state index contributed by atoms with van der Waals surface area (Å²) < 4.78 is 10.6. The summed E-state index contributed by atoms with van der Waals surface area (Å²) in [6.45, 7) is 4.01. The molecule has 0 saturated carbocycles. The van der Waals surface area contributed by atoms with Gasteiger partial charge in [0.15, 0.2) is 5.17 Å². The van der Waals surface area contributed by atoms with Crippen LogP contribution in [0.25, 0.3) is 6.08 Å². The molecular weight excluding hydrogens is 456 g/mol. The standard InChI is InChI=1S/C29H32N2O3S/c1-3-31(29(30)35-20-19-23-7-5-4-6-8-23)21-25-9-11-26(12-10-25)22-34-27-16-13-24(14-17-27)15-18-28(32)33-2/h4-14,16-17,19-20,30H,3,15,18,21-22H2,1-2H3/b20-19+,30-29?. The van der Waals surface area contributed by atoms with E-state index in [9.17, 15) is 4.79 Å². The van der Waals surface area contributed by atoms with Crippen molar-refractivity contribution in [2.45, 2.75) is 32.9 Å². The zero-order chi connectivity index (χ0) is 24.9. The summed E-state index contributed by atoms with van der Waals surface area (Å²) >= 11 is 1.42. The molecule has 6 heteroatoms. The van der Waals surface area contributed by atoms with E-state index >= 15 is 0 Å². The number of carbonyl (C=O) groups excluding carboxylic acids is 1. The molecule has 0 spiro atoms. The zero-order valence-corrected chi connectivity index (χ0v) is 21.1. The third-order valence-electron chi connectivity index (χ3n) is 5.48. The molecule has 0 bridgehead atoms. The number of thioether (sulfide) groups is 1. The number of carbonyl (C=O) groups is 1. The number of hydrogen-bond acceptors (Lipinski definition) is 5. The van der Waals surface area contributed by atoms with E-state index in [1.165, 1.54) is 18.9 Å². The van der Waals surface area contributed by atoms with Gasteiger partial charge in [0.2, 0.25) is 0 Å². The first-order valence-electron chi connectivity index (χ1n) is 11.7. The van der Waals surface area contributed by atoms with E-state index < -0.39 is 0 Å². The topological polar surface area (TPSA) is 62.6 Å². The van der Waals surface area contributed by atoms with Crippen LogP contribution in [-0.2, 0) is 29.1 Å². The number of methoxy groups -OCH3 is 1. The molecule has 0 aliphatic heterocycles. The quantitative estimate of drug-likeness (QED) is 0.189. The Morgan fingerprint density at radius 3 is 2.26 bits per heavy atom. The molecule has 3 aromatic carbocycles. The van der Waals surface area contributed by atoms with Gasteiger partial charge in [0.25, 0.3) is 0 Å². The van der Waals surface area contributed by atoms with Crippen LogP contribution < -0.4 is 4.74 Å². The highest BCUT2D eigenvalue weighted by Gasteiger charge is 2.08. The summed E-state index contributed by atoms with van der Waals surface area (Å²) in [5.74, 6) is 0.591. The molecule has 0 amide bonds. The van der Waals surface area contributed by atoms with Crippen molar-refractivity contribution in [1.29, 1.82) is 5.41 Å². The molecule has 0 unspecified atom stereocenters.